The summed E-state index contributed by atoms with van der Waals surface area (Å²) >= 11 is 0. The monoisotopic (exact) mass is 193 g/mol. The molecule has 0 atom stereocenters. The van der Waals surface area contributed by atoms with Crippen molar-refractivity contribution in [2.45, 2.75) is 45.1 Å². The van der Waals surface area contributed by atoms with Crippen molar-refractivity contribution in [3.63, 3.8) is 0 Å². The fourth-order valence-corrected chi connectivity index (χ4v) is 2.41. The second-order valence-corrected chi connectivity index (χ2v) is 3.99. The predicted octanol–water partition coefficient (Wildman–Crippen LogP) is 2.60. The van der Waals surface area contributed by atoms with Gasteiger partial charge in [0.1, 0.15) is 0 Å². The van der Waals surface area contributed by atoms with Crippen LogP contribution in [0.15, 0.2) is 6.20 Å². The molecule has 0 aromatic carbocycles. The van der Waals surface area contributed by atoms with Crippen LogP contribution in [0.3, 0.4) is 0 Å². The molecule has 3 nitrogen and oxygen atoms in total. The Bertz CT molecular complexity index is 297. The fraction of sp³-hybridized carbons (Fsp3) is 0.727. The second kappa shape index (κ2) is 4.03. The largest absolute Gasteiger partial charge is 0.385 e. The Hall–Kier alpha value is -0.990. The molecule has 0 unspecified atom stereocenters. The van der Waals surface area contributed by atoms with Crippen LogP contribution in [0.5, 0.6) is 0 Å². The first kappa shape index (κ1) is 9.56. The molecular weight excluding hydrogens is 174 g/mol. The van der Waals surface area contributed by atoms with Gasteiger partial charge in [-0.1, -0.05) is 19.8 Å². The van der Waals surface area contributed by atoms with E-state index in [0.717, 1.165) is 6.42 Å². The zero-order valence-corrected chi connectivity index (χ0v) is 9.08. The maximum Gasteiger partial charge on any atom is 0.0756 e. The summed E-state index contributed by atoms with van der Waals surface area (Å²) in [6, 6.07) is 0.659. The first-order valence-electron chi connectivity index (χ1n) is 5.61. The van der Waals surface area contributed by atoms with E-state index in [2.05, 4.69) is 22.0 Å². The first-order chi connectivity index (χ1) is 6.86. The van der Waals surface area contributed by atoms with Crippen molar-refractivity contribution in [2.75, 3.05) is 12.4 Å². The van der Waals surface area contributed by atoms with Gasteiger partial charge < -0.3 is 5.32 Å². The highest BCUT2D eigenvalue weighted by Gasteiger charge is 2.20. The lowest BCUT2D eigenvalue weighted by Gasteiger charge is -2.14. The van der Waals surface area contributed by atoms with Gasteiger partial charge in [0.15, 0.2) is 0 Å². The maximum atomic E-state index is 4.49. The number of nitrogens with one attached hydrogen (secondary N) is 1. The molecular formula is C11H19N3. The van der Waals surface area contributed by atoms with Crippen LogP contribution in [0.2, 0.25) is 0 Å². The summed E-state index contributed by atoms with van der Waals surface area (Å²) in [6.07, 6.45) is 8.35. The summed E-state index contributed by atoms with van der Waals surface area (Å²) in [5.41, 5.74) is 2.55. The van der Waals surface area contributed by atoms with Crippen LogP contribution in [0.25, 0.3) is 0 Å². The minimum Gasteiger partial charge on any atom is -0.385 e. The number of rotatable bonds is 3. The molecule has 1 saturated carbocycles. The Balaban J connectivity index is 2.27. The van der Waals surface area contributed by atoms with E-state index in [1.54, 1.807) is 0 Å². The Morgan fingerprint density at radius 1 is 1.50 bits per heavy atom. The molecule has 1 aromatic rings. The van der Waals surface area contributed by atoms with Gasteiger partial charge in [0.2, 0.25) is 0 Å². The lowest BCUT2D eigenvalue weighted by atomic mass is 10.2. The van der Waals surface area contributed by atoms with E-state index in [4.69, 9.17) is 0 Å². The highest BCUT2D eigenvalue weighted by Crippen LogP contribution is 2.31. The first-order valence-corrected chi connectivity index (χ1v) is 5.61. The molecule has 0 saturated heterocycles. The average Bonchev–Trinajstić information content (AvgIpc) is 2.85. The molecule has 3 heteroatoms. The van der Waals surface area contributed by atoms with Crippen molar-refractivity contribution in [1.29, 1.82) is 0 Å². The Morgan fingerprint density at radius 3 is 2.79 bits per heavy atom. The van der Waals surface area contributed by atoms with Gasteiger partial charge in [-0.3, -0.25) is 4.68 Å². The van der Waals surface area contributed by atoms with Crippen molar-refractivity contribution in [2.24, 2.45) is 0 Å². The average molecular weight is 193 g/mol. The fourth-order valence-electron chi connectivity index (χ4n) is 2.41. The molecule has 0 bridgehead atoms. The zero-order chi connectivity index (χ0) is 9.97. The van der Waals surface area contributed by atoms with Crippen molar-refractivity contribution < 1.29 is 0 Å². The normalized spacial score (nSPS) is 17.6. The van der Waals surface area contributed by atoms with E-state index in [-0.39, 0.29) is 0 Å². The predicted molar refractivity (Wildman–Crippen MR) is 58.7 cm³/mol. The Morgan fingerprint density at radius 2 is 2.21 bits per heavy atom. The molecule has 1 N–H and O–H groups in total. The van der Waals surface area contributed by atoms with Gasteiger partial charge in [0.25, 0.3) is 0 Å². The van der Waals surface area contributed by atoms with E-state index >= 15 is 0 Å². The molecule has 1 aromatic heterocycles. The SMILES string of the molecule is CCc1c(NC)cnn1C1CCCC1. The van der Waals surface area contributed by atoms with E-state index in [0.29, 0.717) is 6.04 Å². The van der Waals surface area contributed by atoms with Gasteiger partial charge in [0.05, 0.1) is 23.6 Å². The third-order valence-corrected chi connectivity index (χ3v) is 3.17. The lowest BCUT2D eigenvalue weighted by Crippen LogP contribution is -2.10. The molecule has 2 rings (SSSR count). The maximum absolute atomic E-state index is 4.49. The third kappa shape index (κ3) is 1.51. The minimum atomic E-state index is 0.659. The van der Waals surface area contributed by atoms with E-state index in [9.17, 15) is 0 Å². The standard InChI is InChI=1S/C11H19N3/c1-3-11-10(12-2)8-13-14(11)9-6-4-5-7-9/h8-9,12H,3-7H2,1-2H3. The highest BCUT2D eigenvalue weighted by molar-refractivity contribution is 5.46. The van der Waals surface area contributed by atoms with Gasteiger partial charge >= 0.3 is 0 Å². The molecule has 78 valence electrons. The molecule has 0 amide bonds. The van der Waals surface area contributed by atoms with Crippen LogP contribution in [-0.4, -0.2) is 16.8 Å². The van der Waals surface area contributed by atoms with E-state index in [1.165, 1.54) is 37.1 Å². The number of anilines is 1. The smallest absolute Gasteiger partial charge is 0.0756 e. The van der Waals surface area contributed by atoms with E-state index in [1.807, 2.05) is 13.2 Å². The van der Waals surface area contributed by atoms with Gasteiger partial charge in [0, 0.05) is 7.05 Å². The molecule has 1 aliphatic rings. The molecule has 0 radical (unpaired) electrons. The third-order valence-electron chi connectivity index (χ3n) is 3.17. The van der Waals surface area contributed by atoms with Crippen LogP contribution < -0.4 is 5.32 Å². The summed E-state index contributed by atoms with van der Waals surface area (Å²) in [5, 5.41) is 7.70. The van der Waals surface area contributed by atoms with Crippen molar-refractivity contribution in [3.05, 3.63) is 11.9 Å². The minimum absolute atomic E-state index is 0.659. The summed E-state index contributed by atoms with van der Waals surface area (Å²) in [5.74, 6) is 0. The van der Waals surface area contributed by atoms with Gasteiger partial charge in [-0.05, 0) is 19.3 Å². The van der Waals surface area contributed by atoms with Crippen LogP contribution in [0, 0.1) is 0 Å². The summed E-state index contributed by atoms with van der Waals surface area (Å²) < 4.78 is 2.23. The van der Waals surface area contributed by atoms with Gasteiger partial charge in [-0.25, -0.2) is 0 Å². The topological polar surface area (TPSA) is 29.9 Å². The van der Waals surface area contributed by atoms with Crippen LogP contribution in [-0.2, 0) is 6.42 Å². The van der Waals surface area contributed by atoms with E-state index < -0.39 is 0 Å². The Kier molecular flexibility index (Phi) is 2.75. The molecule has 1 fully saturated rings. The van der Waals surface area contributed by atoms with Crippen LogP contribution in [0.4, 0.5) is 5.69 Å². The summed E-state index contributed by atoms with van der Waals surface area (Å²) in [7, 11) is 1.97. The van der Waals surface area contributed by atoms with Crippen molar-refractivity contribution in [3.8, 4) is 0 Å². The highest BCUT2D eigenvalue weighted by atomic mass is 15.3. The lowest BCUT2D eigenvalue weighted by molar-refractivity contribution is 0.451. The molecule has 0 spiro atoms. The number of nitrogens with zero attached hydrogens (tertiary/aromatic N) is 2. The molecule has 14 heavy (non-hydrogen) atoms. The van der Waals surface area contributed by atoms with Crippen molar-refractivity contribution >= 4 is 5.69 Å². The van der Waals surface area contributed by atoms with Crippen LogP contribution >= 0.6 is 0 Å². The quantitative estimate of drug-likeness (QED) is 0.799. The zero-order valence-electron chi connectivity index (χ0n) is 9.08. The number of hydrogen-bond acceptors (Lipinski definition) is 2. The summed E-state index contributed by atoms with van der Waals surface area (Å²) in [4.78, 5) is 0. The second-order valence-electron chi connectivity index (χ2n) is 3.99. The summed E-state index contributed by atoms with van der Waals surface area (Å²) in [6.45, 7) is 2.20. The van der Waals surface area contributed by atoms with Gasteiger partial charge in [-0.15, -0.1) is 0 Å². The van der Waals surface area contributed by atoms with Crippen molar-refractivity contribution in [1.82, 2.24) is 9.78 Å². The molecule has 0 aliphatic heterocycles. The molecule has 1 aliphatic carbocycles. The number of hydrogen-bond donors (Lipinski definition) is 1. The van der Waals surface area contributed by atoms with Gasteiger partial charge in [-0.2, -0.15) is 5.10 Å². The molecule has 1 heterocycles. The van der Waals surface area contributed by atoms with Crippen LogP contribution in [0.1, 0.15) is 44.3 Å². The Labute approximate surface area is 85.5 Å². The number of aromatic nitrogens is 2.